The summed E-state index contributed by atoms with van der Waals surface area (Å²) < 4.78 is 11.5. The van der Waals surface area contributed by atoms with Crippen LogP contribution in [0.5, 0.6) is 11.5 Å². The first-order valence-electron chi connectivity index (χ1n) is 8.33. The molecule has 2 aromatic carbocycles. The van der Waals surface area contributed by atoms with Crippen molar-refractivity contribution in [3.05, 3.63) is 52.0 Å². The summed E-state index contributed by atoms with van der Waals surface area (Å²) >= 11 is 6.41. The summed E-state index contributed by atoms with van der Waals surface area (Å²) in [4.78, 5) is 0. The molecule has 0 saturated heterocycles. The molecule has 0 unspecified atom stereocenters. The SMILES string of the molecule is CCOc1cc(CNc2ccc(C)c(C)c2)cc(Cl)c1OC(C)C. The maximum atomic E-state index is 6.41. The van der Waals surface area contributed by atoms with Crippen molar-refractivity contribution in [3.8, 4) is 11.5 Å². The highest BCUT2D eigenvalue weighted by molar-refractivity contribution is 6.32. The Labute approximate surface area is 149 Å². The van der Waals surface area contributed by atoms with E-state index >= 15 is 0 Å². The molecule has 2 rings (SSSR count). The lowest BCUT2D eigenvalue weighted by molar-refractivity contribution is 0.224. The van der Waals surface area contributed by atoms with E-state index in [4.69, 9.17) is 21.1 Å². The van der Waals surface area contributed by atoms with Gasteiger partial charge in [0.05, 0.1) is 17.7 Å². The summed E-state index contributed by atoms with van der Waals surface area (Å²) in [5, 5.41) is 4.01. The second kappa shape index (κ2) is 8.29. The molecule has 0 heterocycles. The topological polar surface area (TPSA) is 30.5 Å². The lowest BCUT2D eigenvalue weighted by Crippen LogP contribution is -2.09. The van der Waals surface area contributed by atoms with E-state index < -0.39 is 0 Å². The van der Waals surface area contributed by atoms with Gasteiger partial charge in [-0.15, -0.1) is 0 Å². The molecule has 0 aliphatic heterocycles. The summed E-state index contributed by atoms with van der Waals surface area (Å²) in [5.41, 5.74) is 4.71. The molecule has 0 atom stereocenters. The highest BCUT2D eigenvalue weighted by Crippen LogP contribution is 2.37. The molecule has 130 valence electrons. The van der Waals surface area contributed by atoms with Gasteiger partial charge in [0.25, 0.3) is 0 Å². The minimum atomic E-state index is 0.0428. The molecule has 0 saturated carbocycles. The molecular weight excluding hydrogens is 322 g/mol. The van der Waals surface area contributed by atoms with Crippen LogP contribution in [0.3, 0.4) is 0 Å². The van der Waals surface area contributed by atoms with Crippen molar-refractivity contribution in [2.24, 2.45) is 0 Å². The van der Waals surface area contributed by atoms with E-state index in [1.54, 1.807) is 0 Å². The van der Waals surface area contributed by atoms with Crippen molar-refractivity contribution >= 4 is 17.3 Å². The van der Waals surface area contributed by atoms with Crippen molar-refractivity contribution in [1.29, 1.82) is 0 Å². The molecule has 0 spiro atoms. The zero-order valence-electron chi connectivity index (χ0n) is 15.1. The van der Waals surface area contributed by atoms with E-state index in [9.17, 15) is 0 Å². The number of aryl methyl sites for hydroxylation is 2. The highest BCUT2D eigenvalue weighted by atomic mass is 35.5. The molecule has 0 fully saturated rings. The van der Waals surface area contributed by atoms with Crippen LogP contribution in [-0.4, -0.2) is 12.7 Å². The van der Waals surface area contributed by atoms with Gasteiger partial charge in [-0.3, -0.25) is 0 Å². The first-order valence-corrected chi connectivity index (χ1v) is 8.71. The van der Waals surface area contributed by atoms with Gasteiger partial charge in [-0.05, 0) is 75.6 Å². The van der Waals surface area contributed by atoms with Crippen molar-refractivity contribution in [2.75, 3.05) is 11.9 Å². The van der Waals surface area contributed by atoms with E-state index in [0.29, 0.717) is 29.7 Å². The molecule has 3 nitrogen and oxygen atoms in total. The fourth-order valence-electron chi connectivity index (χ4n) is 2.39. The average Bonchev–Trinajstić information content (AvgIpc) is 2.52. The summed E-state index contributed by atoms with van der Waals surface area (Å²) in [6.45, 7) is 11.4. The number of halogens is 1. The van der Waals surface area contributed by atoms with Gasteiger partial charge in [0.2, 0.25) is 0 Å². The predicted molar refractivity (Wildman–Crippen MR) is 102 cm³/mol. The number of anilines is 1. The van der Waals surface area contributed by atoms with Gasteiger partial charge in [0.15, 0.2) is 11.5 Å². The van der Waals surface area contributed by atoms with Crippen LogP contribution in [-0.2, 0) is 6.54 Å². The molecule has 2 aromatic rings. The highest BCUT2D eigenvalue weighted by Gasteiger charge is 2.14. The molecule has 24 heavy (non-hydrogen) atoms. The van der Waals surface area contributed by atoms with Gasteiger partial charge in [0.1, 0.15) is 0 Å². The second-order valence-electron chi connectivity index (χ2n) is 6.16. The molecular formula is C20H26ClNO2. The van der Waals surface area contributed by atoms with Crippen molar-refractivity contribution in [3.63, 3.8) is 0 Å². The molecule has 0 radical (unpaired) electrons. The Morgan fingerprint density at radius 1 is 1.08 bits per heavy atom. The summed E-state index contributed by atoms with van der Waals surface area (Å²) in [6, 6.07) is 10.3. The van der Waals surface area contributed by atoms with Gasteiger partial charge < -0.3 is 14.8 Å². The lowest BCUT2D eigenvalue weighted by atomic mass is 10.1. The molecule has 0 bridgehead atoms. The molecule has 0 amide bonds. The van der Waals surface area contributed by atoms with E-state index in [-0.39, 0.29) is 6.10 Å². The molecule has 0 aliphatic carbocycles. The number of nitrogens with one attached hydrogen (secondary N) is 1. The number of rotatable bonds is 7. The quantitative estimate of drug-likeness (QED) is 0.691. The summed E-state index contributed by atoms with van der Waals surface area (Å²) in [7, 11) is 0. The van der Waals surface area contributed by atoms with Crippen LogP contribution in [0.4, 0.5) is 5.69 Å². The van der Waals surface area contributed by atoms with Crippen molar-refractivity contribution in [2.45, 2.75) is 47.3 Å². The Hall–Kier alpha value is -1.87. The maximum absolute atomic E-state index is 6.41. The minimum absolute atomic E-state index is 0.0428. The molecule has 4 heteroatoms. The molecule has 1 N–H and O–H groups in total. The van der Waals surface area contributed by atoms with E-state index in [2.05, 4.69) is 37.4 Å². The summed E-state index contributed by atoms with van der Waals surface area (Å²) in [5.74, 6) is 1.30. The van der Waals surface area contributed by atoms with Crippen molar-refractivity contribution < 1.29 is 9.47 Å². The molecule has 0 aromatic heterocycles. The first kappa shape index (κ1) is 18.5. The third-order valence-corrected chi connectivity index (χ3v) is 4.01. The smallest absolute Gasteiger partial charge is 0.180 e. The predicted octanol–water partition coefficient (Wildman–Crippen LogP) is 5.75. The Morgan fingerprint density at radius 2 is 1.83 bits per heavy atom. The van der Waals surface area contributed by atoms with E-state index in [1.165, 1.54) is 11.1 Å². The fraction of sp³-hybridized carbons (Fsp3) is 0.400. The van der Waals surface area contributed by atoms with Gasteiger partial charge in [-0.2, -0.15) is 0 Å². The van der Waals surface area contributed by atoms with Gasteiger partial charge >= 0.3 is 0 Å². The zero-order valence-corrected chi connectivity index (χ0v) is 15.8. The number of benzene rings is 2. The van der Waals surface area contributed by atoms with Gasteiger partial charge in [-0.1, -0.05) is 17.7 Å². The molecule has 0 aliphatic rings. The van der Waals surface area contributed by atoms with Crippen LogP contribution >= 0.6 is 11.6 Å². The third-order valence-electron chi connectivity index (χ3n) is 3.73. The monoisotopic (exact) mass is 347 g/mol. The van der Waals surface area contributed by atoms with Crippen molar-refractivity contribution in [1.82, 2.24) is 0 Å². The average molecular weight is 348 g/mol. The zero-order chi connectivity index (χ0) is 17.7. The van der Waals surface area contributed by atoms with Gasteiger partial charge in [-0.25, -0.2) is 0 Å². The largest absolute Gasteiger partial charge is 0.490 e. The van der Waals surface area contributed by atoms with Crippen LogP contribution < -0.4 is 14.8 Å². The Bertz CT molecular complexity index is 698. The first-order chi connectivity index (χ1) is 11.4. The Morgan fingerprint density at radius 3 is 2.46 bits per heavy atom. The maximum Gasteiger partial charge on any atom is 0.180 e. The number of ether oxygens (including phenoxy) is 2. The lowest BCUT2D eigenvalue weighted by Gasteiger charge is -2.17. The van der Waals surface area contributed by atoms with Crippen LogP contribution in [0.15, 0.2) is 30.3 Å². The van der Waals surface area contributed by atoms with Crippen LogP contribution in [0.2, 0.25) is 5.02 Å². The van der Waals surface area contributed by atoms with Crippen LogP contribution in [0.1, 0.15) is 37.5 Å². The van der Waals surface area contributed by atoms with Crippen LogP contribution in [0, 0.1) is 13.8 Å². The van der Waals surface area contributed by atoms with Gasteiger partial charge in [0, 0.05) is 12.2 Å². The minimum Gasteiger partial charge on any atom is -0.490 e. The third kappa shape index (κ3) is 4.81. The van der Waals surface area contributed by atoms with E-state index in [0.717, 1.165) is 11.3 Å². The second-order valence-corrected chi connectivity index (χ2v) is 6.56. The normalized spacial score (nSPS) is 10.8. The summed E-state index contributed by atoms with van der Waals surface area (Å²) in [6.07, 6.45) is 0.0428. The Balaban J connectivity index is 2.19. The Kier molecular flexibility index (Phi) is 6.38. The number of hydrogen-bond donors (Lipinski definition) is 1. The van der Waals surface area contributed by atoms with Crippen LogP contribution in [0.25, 0.3) is 0 Å². The standard InChI is InChI=1S/C20H26ClNO2/c1-6-23-19-11-16(10-18(21)20(19)24-13(2)3)12-22-17-8-7-14(4)15(5)9-17/h7-11,13,22H,6,12H2,1-5H3. The van der Waals surface area contributed by atoms with E-state index in [1.807, 2.05) is 32.9 Å². The fourth-order valence-corrected chi connectivity index (χ4v) is 2.67. The number of hydrogen-bond acceptors (Lipinski definition) is 3.